The van der Waals surface area contributed by atoms with Gasteiger partial charge >= 0.3 is 0 Å². The fraction of sp³-hybridized carbons (Fsp3) is 0.545. The maximum atomic E-state index is 12.7. The van der Waals surface area contributed by atoms with Crippen LogP contribution >= 0.6 is 22.9 Å². The molecule has 2 aliphatic rings. The van der Waals surface area contributed by atoms with Gasteiger partial charge in [-0.1, -0.05) is 29.8 Å². The summed E-state index contributed by atoms with van der Waals surface area (Å²) < 4.78 is 0. The number of aromatic nitrogens is 1. The van der Waals surface area contributed by atoms with Crippen molar-refractivity contribution < 1.29 is 4.79 Å². The normalized spacial score (nSPS) is 21.4. The van der Waals surface area contributed by atoms with E-state index in [1.807, 2.05) is 24.3 Å². The zero-order valence-electron chi connectivity index (χ0n) is 17.0. The van der Waals surface area contributed by atoms with Gasteiger partial charge < -0.3 is 4.90 Å². The Balaban J connectivity index is 1.26. The predicted molar refractivity (Wildman–Crippen MR) is 119 cm³/mol. The van der Waals surface area contributed by atoms with Crippen LogP contribution in [0, 0.1) is 0 Å². The molecule has 1 aromatic carbocycles. The molecule has 1 amide bonds. The second-order valence-corrected chi connectivity index (χ2v) is 9.37. The van der Waals surface area contributed by atoms with Crippen LogP contribution in [0.1, 0.15) is 31.9 Å². The number of amides is 1. The third-order valence-corrected chi connectivity index (χ3v) is 7.24. The molecule has 3 heterocycles. The number of hydrogen-bond acceptors (Lipinski definition) is 5. The smallest absolute Gasteiger partial charge is 0.236 e. The Morgan fingerprint density at radius 2 is 1.90 bits per heavy atom. The topological polar surface area (TPSA) is 39.7 Å². The van der Waals surface area contributed by atoms with Gasteiger partial charge in [0.25, 0.3) is 0 Å². The van der Waals surface area contributed by atoms with Crippen LogP contribution in [0.5, 0.6) is 0 Å². The molecule has 2 saturated heterocycles. The lowest BCUT2D eigenvalue weighted by Gasteiger charge is -2.37. The molecule has 4 rings (SSSR count). The van der Waals surface area contributed by atoms with E-state index in [-0.39, 0.29) is 0 Å². The SMILES string of the molecule is CC1CCCCN1C(=O)CN1CCN(Cc2csc(-c3ccccc3Cl)n2)CC1. The number of thiazole rings is 1. The minimum absolute atomic E-state index is 0.300. The number of rotatable bonds is 5. The van der Waals surface area contributed by atoms with Gasteiger partial charge in [-0.25, -0.2) is 4.98 Å². The molecule has 1 atom stereocenters. The van der Waals surface area contributed by atoms with E-state index in [1.165, 1.54) is 6.42 Å². The van der Waals surface area contributed by atoms with Crippen LogP contribution in [0.2, 0.25) is 5.02 Å². The highest BCUT2D eigenvalue weighted by atomic mass is 35.5. The third kappa shape index (κ3) is 5.18. The summed E-state index contributed by atoms with van der Waals surface area (Å²) in [5.74, 6) is 0.300. The average Bonchev–Trinajstić information content (AvgIpc) is 3.18. The van der Waals surface area contributed by atoms with E-state index in [1.54, 1.807) is 11.3 Å². The molecule has 0 aliphatic carbocycles. The van der Waals surface area contributed by atoms with Crippen molar-refractivity contribution in [3.8, 4) is 10.6 Å². The number of piperazine rings is 1. The second kappa shape index (κ2) is 9.56. The van der Waals surface area contributed by atoms with E-state index in [2.05, 4.69) is 27.0 Å². The summed E-state index contributed by atoms with van der Waals surface area (Å²) in [6, 6.07) is 8.26. The highest BCUT2D eigenvalue weighted by Crippen LogP contribution is 2.30. The van der Waals surface area contributed by atoms with Crippen LogP contribution in [-0.4, -0.2) is 70.9 Å². The number of carbonyl (C=O) groups is 1. The Bertz CT molecular complexity index is 834. The maximum absolute atomic E-state index is 12.7. The van der Waals surface area contributed by atoms with E-state index >= 15 is 0 Å². The molecule has 2 fully saturated rings. The summed E-state index contributed by atoms with van der Waals surface area (Å²) in [5, 5.41) is 3.85. The average molecular weight is 433 g/mol. The molecule has 1 aromatic heterocycles. The Hall–Kier alpha value is -1.47. The molecular formula is C22H29ClN4OS. The summed E-state index contributed by atoms with van der Waals surface area (Å²) in [5.41, 5.74) is 2.09. The first kappa shape index (κ1) is 20.8. The first-order valence-corrected chi connectivity index (χ1v) is 11.8. The van der Waals surface area contributed by atoms with E-state index in [4.69, 9.17) is 16.6 Å². The zero-order chi connectivity index (χ0) is 20.2. The van der Waals surface area contributed by atoms with Gasteiger partial charge in [-0.2, -0.15) is 0 Å². The first-order chi connectivity index (χ1) is 14.1. The number of benzene rings is 1. The fourth-order valence-corrected chi connectivity index (χ4v) is 5.35. The number of nitrogens with zero attached hydrogens (tertiary/aromatic N) is 4. The van der Waals surface area contributed by atoms with Crippen LogP contribution in [0.25, 0.3) is 10.6 Å². The monoisotopic (exact) mass is 432 g/mol. The van der Waals surface area contributed by atoms with Gasteiger partial charge in [0.2, 0.25) is 5.91 Å². The summed E-state index contributed by atoms with van der Waals surface area (Å²) in [6.45, 7) is 8.35. The van der Waals surface area contributed by atoms with Gasteiger partial charge in [0, 0.05) is 56.3 Å². The lowest BCUT2D eigenvalue weighted by atomic mass is 10.0. The van der Waals surface area contributed by atoms with E-state index in [0.717, 1.165) is 73.4 Å². The van der Waals surface area contributed by atoms with Crippen molar-refractivity contribution in [1.82, 2.24) is 19.7 Å². The van der Waals surface area contributed by atoms with Gasteiger partial charge in [-0.15, -0.1) is 11.3 Å². The molecular weight excluding hydrogens is 404 g/mol. The molecule has 2 aliphatic heterocycles. The van der Waals surface area contributed by atoms with Crippen molar-refractivity contribution in [3.63, 3.8) is 0 Å². The van der Waals surface area contributed by atoms with Crippen LogP contribution in [0.3, 0.4) is 0 Å². The summed E-state index contributed by atoms with van der Waals surface area (Å²) in [4.78, 5) is 24.3. The molecule has 0 radical (unpaired) electrons. The standard InChI is InChI=1S/C22H29ClN4OS/c1-17-6-4-5-9-27(17)21(28)15-26-12-10-25(11-13-26)14-18-16-29-22(24-18)19-7-2-3-8-20(19)23/h2-3,7-8,16-17H,4-6,9-15H2,1H3. The Morgan fingerprint density at radius 1 is 1.14 bits per heavy atom. The van der Waals surface area contributed by atoms with Crippen LogP contribution in [0.15, 0.2) is 29.6 Å². The van der Waals surface area contributed by atoms with Crippen molar-refractivity contribution in [1.29, 1.82) is 0 Å². The zero-order valence-corrected chi connectivity index (χ0v) is 18.6. The minimum Gasteiger partial charge on any atom is -0.339 e. The van der Waals surface area contributed by atoms with E-state index < -0.39 is 0 Å². The highest BCUT2D eigenvalue weighted by Gasteiger charge is 2.26. The van der Waals surface area contributed by atoms with Crippen LogP contribution < -0.4 is 0 Å². The lowest BCUT2D eigenvalue weighted by molar-refractivity contribution is -0.136. The molecule has 0 saturated carbocycles. The van der Waals surface area contributed by atoms with Gasteiger partial charge in [0.15, 0.2) is 0 Å². The van der Waals surface area contributed by atoms with Crippen molar-refractivity contribution in [2.24, 2.45) is 0 Å². The number of hydrogen-bond donors (Lipinski definition) is 0. The summed E-state index contributed by atoms with van der Waals surface area (Å²) in [6.07, 6.45) is 3.54. The molecule has 0 N–H and O–H groups in total. The molecule has 156 valence electrons. The maximum Gasteiger partial charge on any atom is 0.236 e. The Kier molecular flexibility index (Phi) is 6.85. The van der Waals surface area contributed by atoms with E-state index in [0.29, 0.717) is 18.5 Å². The molecule has 2 aromatic rings. The molecule has 0 spiro atoms. The van der Waals surface area contributed by atoms with Gasteiger partial charge in [-0.05, 0) is 32.3 Å². The van der Waals surface area contributed by atoms with E-state index in [9.17, 15) is 4.79 Å². The summed E-state index contributed by atoms with van der Waals surface area (Å²) in [7, 11) is 0. The molecule has 5 nitrogen and oxygen atoms in total. The van der Waals surface area contributed by atoms with Gasteiger partial charge in [-0.3, -0.25) is 14.6 Å². The Morgan fingerprint density at radius 3 is 2.66 bits per heavy atom. The highest BCUT2D eigenvalue weighted by molar-refractivity contribution is 7.13. The third-order valence-electron chi connectivity index (χ3n) is 5.99. The minimum atomic E-state index is 0.300. The quantitative estimate of drug-likeness (QED) is 0.716. The molecule has 29 heavy (non-hydrogen) atoms. The van der Waals surface area contributed by atoms with Crippen LogP contribution in [-0.2, 0) is 11.3 Å². The predicted octanol–water partition coefficient (Wildman–Crippen LogP) is 3.98. The number of halogens is 1. The van der Waals surface area contributed by atoms with Crippen molar-refractivity contribution in [3.05, 3.63) is 40.4 Å². The fourth-order valence-electron chi connectivity index (χ4n) is 4.22. The van der Waals surface area contributed by atoms with Crippen LogP contribution in [0.4, 0.5) is 0 Å². The summed E-state index contributed by atoms with van der Waals surface area (Å²) >= 11 is 7.95. The lowest BCUT2D eigenvalue weighted by Crippen LogP contribution is -2.51. The van der Waals surface area contributed by atoms with Crippen molar-refractivity contribution >= 4 is 28.8 Å². The number of piperidine rings is 1. The van der Waals surface area contributed by atoms with Crippen molar-refractivity contribution in [2.45, 2.75) is 38.8 Å². The van der Waals surface area contributed by atoms with Gasteiger partial charge in [0.1, 0.15) is 5.01 Å². The Labute approximate surface area is 182 Å². The first-order valence-electron chi connectivity index (χ1n) is 10.5. The molecule has 1 unspecified atom stereocenters. The number of likely N-dealkylation sites (tertiary alicyclic amines) is 1. The second-order valence-electron chi connectivity index (χ2n) is 8.11. The largest absolute Gasteiger partial charge is 0.339 e. The number of carbonyl (C=O) groups excluding carboxylic acids is 1. The van der Waals surface area contributed by atoms with Gasteiger partial charge in [0.05, 0.1) is 17.3 Å². The molecule has 0 bridgehead atoms. The molecule has 7 heteroatoms. The van der Waals surface area contributed by atoms with Crippen molar-refractivity contribution in [2.75, 3.05) is 39.3 Å².